The minimum Gasteiger partial charge on any atom is -0.479 e. The van der Waals surface area contributed by atoms with Gasteiger partial charge in [-0.1, -0.05) is 17.7 Å². The number of fused-ring (bicyclic) bond motifs is 1. The van der Waals surface area contributed by atoms with Gasteiger partial charge in [0.15, 0.2) is 6.10 Å². The van der Waals surface area contributed by atoms with Crippen LogP contribution in [0, 0.1) is 0 Å². The van der Waals surface area contributed by atoms with E-state index in [2.05, 4.69) is 4.98 Å². The Morgan fingerprint density at radius 2 is 1.97 bits per heavy atom. The molecular formula is C21H24ClN3O5S. The maximum atomic E-state index is 12.4. The predicted molar refractivity (Wildman–Crippen MR) is 118 cm³/mol. The lowest BCUT2D eigenvalue weighted by Gasteiger charge is -2.14. The van der Waals surface area contributed by atoms with E-state index in [0.717, 1.165) is 9.82 Å². The van der Waals surface area contributed by atoms with Gasteiger partial charge in [0.05, 0.1) is 15.9 Å². The summed E-state index contributed by atoms with van der Waals surface area (Å²) in [6.07, 6.45) is -0.838. The molecule has 0 saturated carbocycles. The lowest BCUT2D eigenvalue weighted by molar-refractivity contribution is -0.152. The van der Waals surface area contributed by atoms with E-state index in [-0.39, 0.29) is 11.5 Å². The minimum absolute atomic E-state index is 0.0691. The van der Waals surface area contributed by atoms with Crippen molar-refractivity contribution >= 4 is 38.6 Å². The van der Waals surface area contributed by atoms with E-state index in [1.165, 1.54) is 20.2 Å². The molecule has 8 nitrogen and oxygen atoms in total. The Morgan fingerprint density at radius 1 is 1.23 bits per heavy atom. The first-order chi connectivity index (χ1) is 14.6. The number of hydrogen-bond acceptors (Lipinski definition) is 6. The summed E-state index contributed by atoms with van der Waals surface area (Å²) in [5.74, 6) is 0.429. The van der Waals surface area contributed by atoms with Gasteiger partial charge in [-0.15, -0.1) is 0 Å². The number of aromatic nitrogens is 2. The molecule has 1 aromatic heterocycles. The molecular weight excluding hydrogens is 442 g/mol. The molecule has 0 N–H and O–H groups in total. The summed E-state index contributed by atoms with van der Waals surface area (Å²) < 4.78 is 38.8. The molecule has 2 aromatic carbocycles. The Kier molecular flexibility index (Phi) is 6.88. The van der Waals surface area contributed by atoms with E-state index in [1.54, 1.807) is 43.3 Å². The van der Waals surface area contributed by atoms with Gasteiger partial charge in [-0.2, -0.15) is 0 Å². The van der Waals surface area contributed by atoms with E-state index in [0.29, 0.717) is 28.7 Å². The van der Waals surface area contributed by atoms with Crippen LogP contribution in [0.3, 0.4) is 0 Å². The van der Waals surface area contributed by atoms with Crippen molar-refractivity contribution in [3.05, 3.63) is 53.3 Å². The highest BCUT2D eigenvalue weighted by Crippen LogP contribution is 2.23. The molecule has 0 radical (unpaired) electrons. The lowest BCUT2D eigenvalue weighted by Crippen LogP contribution is -2.26. The fraction of sp³-hybridized carbons (Fsp3) is 0.333. The maximum absolute atomic E-state index is 12.4. The number of carbonyl (C=O) groups excluding carboxylic acids is 1. The van der Waals surface area contributed by atoms with E-state index in [9.17, 15) is 13.2 Å². The van der Waals surface area contributed by atoms with Crippen molar-refractivity contribution in [1.29, 1.82) is 0 Å². The Morgan fingerprint density at radius 3 is 2.61 bits per heavy atom. The fourth-order valence-corrected chi connectivity index (χ4v) is 4.14. The molecule has 0 saturated heterocycles. The number of imidazole rings is 1. The van der Waals surface area contributed by atoms with Gasteiger partial charge in [-0.05, 0) is 50.2 Å². The van der Waals surface area contributed by atoms with Crippen LogP contribution in [0.25, 0.3) is 11.0 Å². The van der Waals surface area contributed by atoms with Crippen LogP contribution in [0.15, 0.2) is 47.4 Å². The van der Waals surface area contributed by atoms with Crippen LogP contribution < -0.4 is 4.74 Å². The summed E-state index contributed by atoms with van der Waals surface area (Å²) in [7, 11) is -0.628. The number of ether oxygens (including phenoxy) is 2. The zero-order chi connectivity index (χ0) is 22.8. The molecule has 1 unspecified atom stereocenters. The van der Waals surface area contributed by atoms with E-state index in [1.807, 2.05) is 11.5 Å². The highest BCUT2D eigenvalue weighted by molar-refractivity contribution is 7.89. The molecule has 31 heavy (non-hydrogen) atoms. The monoisotopic (exact) mass is 465 g/mol. The zero-order valence-electron chi connectivity index (χ0n) is 17.7. The second kappa shape index (κ2) is 9.25. The maximum Gasteiger partial charge on any atom is 0.347 e. The predicted octanol–water partition coefficient (Wildman–Crippen LogP) is 3.47. The van der Waals surface area contributed by atoms with Gasteiger partial charge in [0.1, 0.15) is 18.2 Å². The first-order valence-electron chi connectivity index (χ1n) is 9.64. The average molecular weight is 466 g/mol. The number of hydrogen-bond donors (Lipinski definition) is 0. The van der Waals surface area contributed by atoms with Gasteiger partial charge in [-0.3, -0.25) is 0 Å². The van der Waals surface area contributed by atoms with Crippen LogP contribution >= 0.6 is 11.6 Å². The standard InChI is InChI=1S/C21H24ClN3O5S/c1-5-25-19-10-9-17(31(27,28)24(3)4)12-18(19)23-20(25)13-29-21(26)14(2)30-16-8-6-7-15(22)11-16/h6-12,14H,5,13H2,1-4H3. The van der Waals surface area contributed by atoms with Crippen molar-refractivity contribution in [3.8, 4) is 5.75 Å². The third-order valence-corrected chi connectivity index (χ3v) is 6.72. The number of carbonyl (C=O) groups is 1. The van der Waals surface area contributed by atoms with Gasteiger partial charge in [0, 0.05) is 25.7 Å². The summed E-state index contributed by atoms with van der Waals surface area (Å²) in [6.45, 7) is 4.03. The van der Waals surface area contributed by atoms with Crippen molar-refractivity contribution in [2.24, 2.45) is 0 Å². The number of aryl methyl sites for hydroxylation is 1. The van der Waals surface area contributed by atoms with Crippen molar-refractivity contribution in [1.82, 2.24) is 13.9 Å². The molecule has 10 heteroatoms. The van der Waals surface area contributed by atoms with Crippen LogP contribution in [0.5, 0.6) is 5.75 Å². The highest BCUT2D eigenvalue weighted by Gasteiger charge is 2.21. The Balaban J connectivity index is 1.77. The van der Waals surface area contributed by atoms with E-state index < -0.39 is 22.1 Å². The molecule has 1 atom stereocenters. The first kappa shape index (κ1) is 23.1. The Labute approximate surface area is 186 Å². The molecule has 166 valence electrons. The molecule has 0 amide bonds. The van der Waals surface area contributed by atoms with Gasteiger partial charge in [-0.25, -0.2) is 22.5 Å². The van der Waals surface area contributed by atoms with Gasteiger partial charge < -0.3 is 14.0 Å². The van der Waals surface area contributed by atoms with Gasteiger partial charge in [0.25, 0.3) is 0 Å². The fourth-order valence-electron chi connectivity index (χ4n) is 3.04. The molecule has 0 fully saturated rings. The van der Waals surface area contributed by atoms with Gasteiger partial charge in [0.2, 0.25) is 10.0 Å². The van der Waals surface area contributed by atoms with Crippen LogP contribution in [0.4, 0.5) is 0 Å². The van der Waals surface area contributed by atoms with Crippen molar-refractivity contribution < 1.29 is 22.7 Å². The molecule has 3 aromatic rings. The van der Waals surface area contributed by atoms with Crippen molar-refractivity contribution in [2.45, 2.75) is 38.0 Å². The van der Waals surface area contributed by atoms with Crippen LogP contribution in [-0.4, -0.2) is 48.4 Å². The summed E-state index contributed by atoms with van der Waals surface area (Å²) in [6, 6.07) is 11.5. The third-order valence-electron chi connectivity index (χ3n) is 4.68. The quantitative estimate of drug-likeness (QED) is 0.473. The number of benzene rings is 2. The second-order valence-corrected chi connectivity index (χ2v) is 9.62. The number of rotatable bonds is 8. The molecule has 0 spiro atoms. The SMILES string of the molecule is CCn1c(COC(=O)C(C)Oc2cccc(Cl)c2)nc2cc(S(=O)(=O)N(C)C)ccc21. The normalized spacial score (nSPS) is 12.8. The summed E-state index contributed by atoms with van der Waals surface area (Å²) in [4.78, 5) is 17.0. The average Bonchev–Trinajstić information content (AvgIpc) is 3.08. The molecule has 0 aliphatic rings. The first-order valence-corrected chi connectivity index (χ1v) is 11.5. The summed E-state index contributed by atoms with van der Waals surface area (Å²) >= 11 is 5.93. The molecule has 3 rings (SSSR count). The Bertz CT molecular complexity index is 1210. The third kappa shape index (κ3) is 5.00. The van der Waals surface area contributed by atoms with Crippen molar-refractivity contribution in [2.75, 3.05) is 14.1 Å². The summed E-state index contributed by atoms with van der Waals surface area (Å²) in [5.41, 5.74) is 1.27. The number of esters is 1. The summed E-state index contributed by atoms with van der Waals surface area (Å²) in [5, 5.41) is 0.505. The molecule has 0 aliphatic carbocycles. The number of nitrogens with zero attached hydrogens (tertiary/aromatic N) is 3. The highest BCUT2D eigenvalue weighted by atomic mass is 35.5. The number of sulfonamides is 1. The topological polar surface area (TPSA) is 90.7 Å². The Hall–Kier alpha value is -2.62. The lowest BCUT2D eigenvalue weighted by atomic mass is 10.3. The van der Waals surface area contributed by atoms with E-state index >= 15 is 0 Å². The smallest absolute Gasteiger partial charge is 0.347 e. The number of halogens is 1. The van der Waals surface area contributed by atoms with Crippen molar-refractivity contribution in [3.63, 3.8) is 0 Å². The van der Waals surface area contributed by atoms with E-state index in [4.69, 9.17) is 21.1 Å². The van der Waals surface area contributed by atoms with Gasteiger partial charge >= 0.3 is 5.97 Å². The van der Waals surface area contributed by atoms with Crippen LogP contribution in [-0.2, 0) is 32.7 Å². The largest absolute Gasteiger partial charge is 0.479 e. The van der Waals surface area contributed by atoms with Crippen LogP contribution in [0.1, 0.15) is 19.7 Å². The molecule has 1 heterocycles. The van der Waals surface area contributed by atoms with Crippen LogP contribution in [0.2, 0.25) is 5.02 Å². The molecule has 0 bridgehead atoms. The zero-order valence-corrected chi connectivity index (χ0v) is 19.3. The molecule has 0 aliphatic heterocycles. The minimum atomic E-state index is -3.58. The second-order valence-electron chi connectivity index (χ2n) is 7.04.